The molecule has 3 nitrogen and oxygen atoms in total. The number of rotatable bonds is 3. The van der Waals surface area contributed by atoms with Crippen LogP contribution >= 0.6 is 0 Å². The molecule has 0 radical (unpaired) electrons. The maximum absolute atomic E-state index is 5.41. The van der Waals surface area contributed by atoms with Crippen LogP contribution in [0.4, 0.5) is 0 Å². The van der Waals surface area contributed by atoms with Crippen LogP contribution in [0.5, 0.6) is 5.75 Å². The van der Waals surface area contributed by atoms with Crippen molar-refractivity contribution in [2.45, 2.75) is 6.29 Å². The Morgan fingerprint density at radius 2 is 2.07 bits per heavy atom. The van der Waals surface area contributed by atoms with E-state index in [1.54, 1.807) is 0 Å². The molecule has 0 spiro atoms. The van der Waals surface area contributed by atoms with Crippen LogP contribution in [0.3, 0.4) is 0 Å². The number of hydrogen-bond acceptors (Lipinski definition) is 3. The second kappa shape index (κ2) is 4.83. The van der Waals surface area contributed by atoms with Crippen LogP contribution in [0.2, 0.25) is 0 Å². The fourth-order valence-corrected chi connectivity index (χ4v) is 1.46. The fourth-order valence-electron chi connectivity index (χ4n) is 1.46. The van der Waals surface area contributed by atoms with Crippen LogP contribution in [-0.2, 0) is 9.47 Å². The van der Waals surface area contributed by atoms with Crippen LogP contribution in [0, 0.1) is 12.3 Å². The van der Waals surface area contributed by atoms with Gasteiger partial charge in [0, 0.05) is 5.56 Å². The third kappa shape index (κ3) is 2.30. The van der Waals surface area contributed by atoms with E-state index < -0.39 is 0 Å². The molecule has 0 atom stereocenters. The molecule has 3 heteroatoms. The number of terminal acetylenes is 1. The Bertz CT molecular complexity index is 361. The summed E-state index contributed by atoms with van der Waals surface area (Å²) in [5.41, 5.74) is 0.894. The SMILES string of the molecule is C#CCOc1ccccc1C1OCCO1. The summed E-state index contributed by atoms with van der Waals surface area (Å²) in [4.78, 5) is 0. The van der Waals surface area contributed by atoms with Crippen molar-refractivity contribution >= 4 is 0 Å². The molecule has 2 rings (SSSR count). The van der Waals surface area contributed by atoms with E-state index >= 15 is 0 Å². The van der Waals surface area contributed by atoms with Crippen LogP contribution in [-0.4, -0.2) is 19.8 Å². The molecule has 1 aliphatic rings. The van der Waals surface area contributed by atoms with Crippen molar-refractivity contribution in [3.8, 4) is 18.1 Å². The lowest BCUT2D eigenvalue weighted by Gasteiger charge is -2.13. The van der Waals surface area contributed by atoms with Crippen molar-refractivity contribution in [1.29, 1.82) is 0 Å². The topological polar surface area (TPSA) is 27.7 Å². The third-order valence-electron chi connectivity index (χ3n) is 2.11. The zero-order valence-electron chi connectivity index (χ0n) is 8.31. The van der Waals surface area contributed by atoms with Crippen molar-refractivity contribution in [3.63, 3.8) is 0 Å². The zero-order valence-corrected chi connectivity index (χ0v) is 8.31. The predicted molar refractivity (Wildman–Crippen MR) is 55.4 cm³/mol. The van der Waals surface area contributed by atoms with Gasteiger partial charge in [0.15, 0.2) is 6.29 Å². The lowest BCUT2D eigenvalue weighted by Crippen LogP contribution is -2.03. The third-order valence-corrected chi connectivity index (χ3v) is 2.11. The molecule has 15 heavy (non-hydrogen) atoms. The van der Waals surface area contributed by atoms with E-state index in [1.165, 1.54) is 0 Å². The molecule has 0 unspecified atom stereocenters. The standard InChI is InChI=1S/C12H12O3/c1-2-7-13-11-6-4-3-5-10(11)12-14-8-9-15-12/h1,3-6,12H,7-9H2. The highest BCUT2D eigenvalue weighted by atomic mass is 16.7. The summed E-state index contributed by atoms with van der Waals surface area (Å²) in [7, 11) is 0. The van der Waals surface area contributed by atoms with E-state index in [2.05, 4.69) is 5.92 Å². The van der Waals surface area contributed by atoms with Gasteiger partial charge in [0.2, 0.25) is 0 Å². The molecule has 78 valence electrons. The molecule has 1 aromatic carbocycles. The highest BCUT2D eigenvalue weighted by Crippen LogP contribution is 2.30. The Hall–Kier alpha value is -1.50. The Morgan fingerprint density at radius 3 is 2.80 bits per heavy atom. The molecule has 0 bridgehead atoms. The lowest BCUT2D eigenvalue weighted by molar-refractivity contribution is -0.0456. The maximum atomic E-state index is 5.41. The summed E-state index contributed by atoms with van der Waals surface area (Å²) in [6.45, 7) is 1.49. The second-order valence-corrected chi connectivity index (χ2v) is 3.10. The summed E-state index contributed by atoms with van der Waals surface area (Å²) in [5, 5.41) is 0. The first-order valence-corrected chi connectivity index (χ1v) is 4.80. The average molecular weight is 204 g/mol. The van der Waals surface area contributed by atoms with Crippen LogP contribution in [0.1, 0.15) is 11.9 Å². The molecule has 1 heterocycles. The second-order valence-electron chi connectivity index (χ2n) is 3.10. The molecule has 0 aliphatic carbocycles. The van der Waals surface area contributed by atoms with Gasteiger partial charge < -0.3 is 14.2 Å². The average Bonchev–Trinajstić information content (AvgIpc) is 2.80. The van der Waals surface area contributed by atoms with E-state index in [9.17, 15) is 0 Å². The number of hydrogen-bond donors (Lipinski definition) is 0. The van der Waals surface area contributed by atoms with Gasteiger partial charge in [-0.15, -0.1) is 6.42 Å². The number of ether oxygens (including phenoxy) is 3. The quantitative estimate of drug-likeness (QED) is 0.702. The molecular formula is C12H12O3. The van der Waals surface area contributed by atoms with Gasteiger partial charge in [-0.2, -0.15) is 0 Å². The van der Waals surface area contributed by atoms with Crippen molar-refractivity contribution in [2.75, 3.05) is 19.8 Å². The lowest BCUT2D eigenvalue weighted by atomic mass is 10.2. The Balaban J connectivity index is 2.17. The van der Waals surface area contributed by atoms with E-state index in [0.717, 1.165) is 11.3 Å². The normalized spacial score (nSPS) is 16.2. The van der Waals surface area contributed by atoms with E-state index in [4.69, 9.17) is 20.6 Å². The molecule has 0 amide bonds. The monoisotopic (exact) mass is 204 g/mol. The van der Waals surface area contributed by atoms with Gasteiger partial charge in [-0.05, 0) is 6.07 Å². The molecule has 0 N–H and O–H groups in total. The minimum Gasteiger partial charge on any atom is -0.480 e. The van der Waals surface area contributed by atoms with Gasteiger partial charge in [-0.25, -0.2) is 0 Å². The molecule has 1 aliphatic heterocycles. The van der Waals surface area contributed by atoms with Gasteiger partial charge in [0.25, 0.3) is 0 Å². The molecule has 0 saturated carbocycles. The molecule has 1 aromatic rings. The Morgan fingerprint density at radius 1 is 1.33 bits per heavy atom. The van der Waals surface area contributed by atoms with Crippen molar-refractivity contribution < 1.29 is 14.2 Å². The summed E-state index contributed by atoms with van der Waals surface area (Å²) >= 11 is 0. The highest BCUT2D eigenvalue weighted by molar-refractivity contribution is 5.34. The van der Waals surface area contributed by atoms with Gasteiger partial charge in [0.1, 0.15) is 12.4 Å². The smallest absolute Gasteiger partial charge is 0.187 e. The maximum Gasteiger partial charge on any atom is 0.187 e. The first-order valence-electron chi connectivity index (χ1n) is 4.80. The van der Waals surface area contributed by atoms with Gasteiger partial charge >= 0.3 is 0 Å². The van der Waals surface area contributed by atoms with E-state index in [0.29, 0.717) is 13.2 Å². The van der Waals surface area contributed by atoms with E-state index in [-0.39, 0.29) is 12.9 Å². The minimum atomic E-state index is -0.320. The summed E-state index contributed by atoms with van der Waals surface area (Å²) < 4.78 is 16.2. The number of benzene rings is 1. The summed E-state index contributed by atoms with van der Waals surface area (Å²) in [5.74, 6) is 3.15. The number of para-hydroxylation sites is 1. The Kier molecular flexibility index (Phi) is 3.23. The fraction of sp³-hybridized carbons (Fsp3) is 0.333. The van der Waals surface area contributed by atoms with Crippen LogP contribution in [0.15, 0.2) is 24.3 Å². The molecule has 0 aromatic heterocycles. The Labute approximate surface area is 89.0 Å². The minimum absolute atomic E-state index is 0.254. The van der Waals surface area contributed by atoms with Gasteiger partial charge in [0.05, 0.1) is 13.2 Å². The van der Waals surface area contributed by atoms with Crippen molar-refractivity contribution in [2.24, 2.45) is 0 Å². The van der Waals surface area contributed by atoms with Crippen LogP contribution < -0.4 is 4.74 Å². The van der Waals surface area contributed by atoms with Crippen molar-refractivity contribution in [3.05, 3.63) is 29.8 Å². The zero-order chi connectivity index (χ0) is 10.5. The molecular weight excluding hydrogens is 192 g/mol. The highest BCUT2D eigenvalue weighted by Gasteiger charge is 2.21. The predicted octanol–water partition coefficient (Wildman–Crippen LogP) is 1.74. The van der Waals surface area contributed by atoms with Crippen LogP contribution in [0.25, 0.3) is 0 Å². The molecule has 1 saturated heterocycles. The molecule has 1 fully saturated rings. The first kappa shape index (κ1) is 10.0. The van der Waals surface area contributed by atoms with Gasteiger partial charge in [-0.1, -0.05) is 24.1 Å². The van der Waals surface area contributed by atoms with Crippen molar-refractivity contribution in [1.82, 2.24) is 0 Å². The summed E-state index contributed by atoms with van der Waals surface area (Å²) in [6, 6.07) is 7.59. The first-order chi connectivity index (χ1) is 7.42. The largest absolute Gasteiger partial charge is 0.480 e. The van der Waals surface area contributed by atoms with Gasteiger partial charge in [-0.3, -0.25) is 0 Å². The summed E-state index contributed by atoms with van der Waals surface area (Å²) in [6.07, 6.45) is 4.82. The van der Waals surface area contributed by atoms with E-state index in [1.807, 2.05) is 24.3 Å².